The molecule has 0 saturated heterocycles. The molecule has 0 radical (unpaired) electrons. The lowest BCUT2D eigenvalue weighted by molar-refractivity contribution is 0.294. The highest BCUT2D eigenvalue weighted by Crippen LogP contribution is 2.30. The normalized spacial score (nSPS) is 11.7. The summed E-state index contributed by atoms with van der Waals surface area (Å²) in [6.07, 6.45) is 2.54. The van der Waals surface area contributed by atoms with Gasteiger partial charge in [0.15, 0.2) is 16.7 Å². The van der Waals surface area contributed by atoms with E-state index in [9.17, 15) is 0 Å². The molecular weight excluding hydrogens is 334 g/mol. The number of rotatable bonds is 8. The first kappa shape index (κ1) is 18.9. The Balaban J connectivity index is 2.02. The standard InChI is InChI=1S/C19H23N3O2S/c1-3-12-24-18-16(10-7-11-17(18)23-2)13-21-22-19(20)25-14-15-8-5-4-6-9-15/h4-11,13H,3,12,14H2,1-2H3,(H2,20,22). The van der Waals surface area contributed by atoms with E-state index in [4.69, 9.17) is 15.2 Å². The fourth-order valence-corrected chi connectivity index (χ4v) is 2.67. The first-order valence-corrected chi connectivity index (χ1v) is 9.06. The number of nitrogens with two attached hydrogens (primary N) is 1. The van der Waals surface area contributed by atoms with Crippen LogP contribution in [0, 0.1) is 0 Å². The maximum absolute atomic E-state index is 5.90. The molecular formula is C19H23N3O2S. The highest BCUT2D eigenvalue weighted by Gasteiger charge is 2.08. The van der Waals surface area contributed by atoms with E-state index in [2.05, 4.69) is 29.3 Å². The molecule has 0 bridgehead atoms. The van der Waals surface area contributed by atoms with Gasteiger partial charge in [-0.2, -0.15) is 5.10 Å². The maximum Gasteiger partial charge on any atom is 0.180 e. The number of amidine groups is 1. The molecule has 0 fully saturated rings. The minimum Gasteiger partial charge on any atom is -0.493 e. The van der Waals surface area contributed by atoms with E-state index in [1.807, 2.05) is 36.4 Å². The van der Waals surface area contributed by atoms with E-state index in [1.165, 1.54) is 17.3 Å². The topological polar surface area (TPSA) is 69.2 Å². The number of hydrogen-bond acceptors (Lipinski definition) is 5. The van der Waals surface area contributed by atoms with Crippen LogP contribution in [0.2, 0.25) is 0 Å². The zero-order valence-electron chi connectivity index (χ0n) is 14.5. The molecule has 0 heterocycles. The van der Waals surface area contributed by atoms with Crippen LogP contribution >= 0.6 is 11.8 Å². The van der Waals surface area contributed by atoms with E-state index in [-0.39, 0.29) is 0 Å². The summed E-state index contributed by atoms with van der Waals surface area (Å²) in [6.45, 7) is 2.66. The summed E-state index contributed by atoms with van der Waals surface area (Å²) in [4.78, 5) is 0. The van der Waals surface area contributed by atoms with Crippen molar-refractivity contribution < 1.29 is 9.47 Å². The van der Waals surface area contributed by atoms with Gasteiger partial charge in [0, 0.05) is 11.3 Å². The minimum absolute atomic E-state index is 0.416. The molecule has 2 rings (SSSR count). The largest absolute Gasteiger partial charge is 0.493 e. The Bertz CT molecular complexity index is 718. The van der Waals surface area contributed by atoms with Gasteiger partial charge in [-0.15, -0.1) is 5.10 Å². The second-order valence-electron chi connectivity index (χ2n) is 5.18. The predicted octanol–water partition coefficient (Wildman–Crippen LogP) is 4.07. The Morgan fingerprint density at radius 2 is 1.96 bits per heavy atom. The van der Waals surface area contributed by atoms with Crippen molar-refractivity contribution in [3.63, 3.8) is 0 Å². The summed E-state index contributed by atoms with van der Waals surface area (Å²) in [7, 11) is 1.62. The summed E-state index contributed by atoms with van der Waals surface area (Å²) >= 11 is 1.45. The van der Waals surface area contributed by atoms with Crippen molar-refractivity contribution in [3.05, 3.63) is 59.7 Å². The average Bonchev–Trinajstić information content (AvgIpc) is 2.66. The van der Waals surface area contributed by atoms with Gasteiger partial charge in [0.2, 0.25) is 0 Å². The Hall–Kier alpha value is -2.47. The van der Waals surface area contributed by atoms with Gasteiger partial charge >= 0.3 is 0 Å². The van der Waals surface area contributed by atoms with Crippen LogP contribution in [0.1, 0.15) is 24.5 Å². The predicted molar refractivity (Wildman–Crippen MR) is 106 cm³/mol. The summed E-state index contributed by atoms with van der Waals surface area (Å²) < 4.78 is 11.1. The second kappa shape index (κ2) is 10.4. The van der Waals surface area contributed by atoms with Crippen molar-refractivity contribution >= 4 is 23.1 Å². The third-order valence-corrected chi connectivity index (χ3v) is 4.12. The van der Waals surface area contributed by atoms with Crippen LogP contribution in [0.4, 0.5) is 0 Å². The van der Waals surface area contributed by atoms with Gasteiger partial charge in [-0.1, -0.05) is 55.1 Å². The van der Waals surface area contributed by atoms with Gasteiger partial charge in [-0.25, -0.2) is 0 Å². The molecule has 2 N–H and O–H groups in total. The maximum atomic E-state index is 5.90. The van der Waals surface area contributed by atoms with Crippen LogP contribution in [0.25, 0.3) is 0 Å². The van der Waals surface area contributed by atoms with Crippen LogP contribution in [-0.2, 0) is 5.75 Å². The van der Waals surface area contributed by atoms with Crippen LogP contribution in [0.3, 0.4) is 0 Å². The number of hydrogen-bond donors (Lipinski definition) is 1. The Morgan fingerprint density at radius 3 is 2.68 bits per heavy atom. The number of para-hydroxylation sites is 1. The minimum atomic E-state index is 0.416. The average molecular weight is 357 g/mol. The third-order valence-electron chi connectivity index (χ3n) is 3.26. The molecule has 0 amide bonds. The van der Waals surface area contributed by atoms with Crippen molar-refractivity contribution in [3.8, 4) is 11.5 Å². The monoisotopic (exact) mass is 357 g/mol. The van der Waals surface area contributed by atoms with E-state index < -0.39 is 0 Å². The lowest BCUT2D eigenvalue weighted by atomic mass is 10.2. The molecule has 0 aromatic heterocycles. The summed E-state index contributed by atoms with van der Waals surface area (Å²) in [6, 6.07) is 15.7. The van der Waals surface area contributed by atoms with Gasteiger partial charge in [-0.05, 0) is 24.1 Å². The summed E-state index contributed by atoms with van der Waals surface area (Å²) in [5, 5.41) is 8.54. The smallest absolute Gasteiger partial charge is 0.180 e. The molecule has 0 aliphatic rings. The van der Waals surface area contributed by atoms with Crippen molar-refractivity contribution in [2.24, 2.45) is 15.9 Å². The zero-order chi connectivity index (χ0) is 17.9. The number of ether oxygens (including phenoxy) is 2. The number of nitrogens with zero attached hydrogens (tertiary/aromatic N) is 2. The molecule has 0 saturated carbocycles. The molecule has 2 aromatic carbocycles. The molecule has 132 valence electrons. The Labute approximate surface area is 152 Å². The van der Waals surface area contributed by atoms with E-state index in [0.29, 0.717) is 23.3 Å². The molecule has 2 aromatic rings. The van der Waals surface area contributed by atoms with Crippen LogP contribution in [0.5, 0.6) is 11.5 Å². The SMILES string of the molecule is CCCOc1c(C=NN=C(N)SCc2ccccc2)cccc1OC. The highest BCUT2D eigenvalue weighted by atomic mass is 32.2. The zero-order valence-corrected chi connectivity index (χ0v) is 15.3. The van der Waals surface area contributed by atoms with Crippen molar-refractivity contribution in [1.29, 1.82) is 0 Å². The first-order chi connectivity index (χ1) is 12.2. The fraction of sp³-hybridized carbons (Fsp3) is 0.263. The quantitative estimate of drug-likeness (QED) is 0.439. The molecule has 0 aliphatic carbocycles. The molecule has 0 unspecified atom stereocenters. The fourth-order valence-electron chi connectivity index (χ4n) is 2.06. The van der Waals surface area contributed by atoms with Gasteiger partial charge in [-0.3, -0.25) is 0 Å². The number of methoxy groups -OCH3 is 1. The summed E-state index contributed by atoms with van der Waals surface area (Å²) in [5.74, 6) is 2.10. The third kappa shape index (κ3) is 6.15. The molecule has 5 nitrogen and oxygen atoms in total. The van der Waals surface area contributed by atoms with Crippen molar-refractivity contribution in [2.45, 2.75) is 19.1 Å². The van der Waals surface area contributed by atoms with Gasteiger partial charge in [0.1, 0.15) is 0 Å². The van der Waals surface area contributed by atoms with E-state index in [0.717, 1.165) is 17.7 Å². The van der Waals surface area contributed by atoms with E-state index in [1.54, 1.807) is 13.3 Å². The van der Waals surface area contributed by atoms with Crippen LogP contribution in [0.15, 0.2) is 58.7 Å². The first-order valence-electron chi connectivity index (χ1n) is 8.07. The second-order valence-corrected chi connectivity index (χ2v) is 6.18. The lowest BCUT2D eigenvalue weighted by Gasteiger charge is -2.12. The van der Waals surface area contributed by atoms with Crippen LogP contribution in [-0.4, -0.2) is 25.1 Å². The van der Waals surface area contributed by atoms with Gasteiger partial charge in [0.25, 0.3) is 0 Å². The summed E-state index contributed by atoms with van der Waals surface area (Å²) in [5.41, 5.74) is 7.90. The van der Waals surface area contributed by atoms with Gasteiger partial charge in [0.05, 0.1) is 19.9 Å². The number of benzene rings is 2. The molecule has 0 aliphatic heterocycles. The lowest BCUT2D eigenvalue weighted by Crippen LogP contribution is -2.06. The van der Waals surface area contributed by atoms with Crippen molar-refractivity contribution in [2.75, 3.05) is 13.7 Å². The van der Waals surface area contributed by atoms with Crippen LogP contribution < -0.4 is 15.2 Å². The van der Waals surface area contributed by atoms with E-state index >= 15 is 0 Å². The Morgan fingerprint density at radius 1 is 1.16 bits per heavy atom. The molecule has 25 heavy (non-hydrogen) atoms. The number of thioether (sulfide) groups is 1. The van der Waals surface area contributed by atoms with Gasteiger partial charge < -0.3 is 15.2 Å². The highest BCUT2D eigenvalue weighted by molar-refractivity contribution is 8.13. The molecule has 6 heteroatoms. The molecule has 0 atom stereocenters. The van der Waals surface area contributed by atoms with Crippen molar-refractivity contribution in [1.82, 2.24) is 0 Å². The Kier molecular flexibility index (Phi) is 7.85. The molecule has 0 spiro atoms.